The molecule has 0 bridgehead atoms. The van der Waals surface area contributed by atoms with E-state index in [1.165, 1.54) is 17.7 Å². The average Bonchev–Trinajstić information content (AvgIpc) is 2.92. The van der Waals surface area contributed by atoms with E-state index in [0.29, 0.717) is 22.1 Å². The summed E-state index contributed by atoms with van der Waals surface area (Å²) in [7, 11) is 0. The van der Waals surface area contributed by atoms with Crippen LogP contribution in [0.4, 0.5) is 17.2 Å². The Labute approximate surface area is 143 Å². The smallest absolute Gasteiger partial charge is 0.260 e. The van der Waals surface area contributed by atoms with E-state index in [2.05, 4.69) is 36.1 Å². The van der Waals surface area contributed by atoms with Crippen molar-refractivity contribution in [2.75, 3.05) is 11.1 Å². The molecule has 2 heterocycles. The van der Waals surface area contributed by atoms with Gasteiger partial charge in [-0.3, -0.25) is 4.79 Å². The van der Waals surface area contributed by atoms with E-state index < -0.39 is 5.91 Å². The summed E-state index contributed by atoms with van der Waals surface area (Å²) >= 11 is 1.40. The maximum absolute atomic E-state index is 11.8. The summed E-state index contributed by atoms with van der Waals surface area (Å²) in [6.45, 7) is 6.27. The number of nitrogens with one attached hydrogen (secondary N) is 1. The molecule has 1 aromatic carbocycles. The second-order valence-corrected chi connectivity index (χ2v) is 7.64. The Kier molecular flexibility index (Phi) is 3.88. The number of thiophene rings is 1. The summed E-state index contributed by atoms with van der Waals surface area (Å²) in [5.41, 5.74) is 13.4. The Hall–Kier alpha value is -2.67. The fourth-order valence-electron chi connectivity index (χ4n) is 2.34. The van der Waals surface area contributed by atoms with Crippen molar-refractivity contribution in [2.24, 2.45) is 5.73 Å². The van der Waals surface area contributed by atoms with Crippen molar-refractivity contribution in [3.05, 3.63) is 40.3 Å². The largest absolute Gasteiger partial charge is 0.399 e. The van der Waals surface area contributed by atoms with Crippen LogP contribution < -0.4 is 16.8 Å². The molecule has 0 aliphatic heterocycles. The van der Waals surface area contributed by atoms with Crippen LogP contribution >= 0.6 is 11.3 Å². The second-order valence-electron chi connectivity index (χ2n) is 6.59. The molecule has 0 radical (unpaired) electrons. The molecule has 0 fully saturated rings. The van der Waals surface area contributed by atoms with Gasteiger partial charge in [-0.25, -0.2) is 9.97 Å². The molecule has 0 unspecified atom stereocenters. The van der Waals surface area contributed by atoms with Crippen molar-refractivity contribution in [3.8, 4) is 0 Å². The molecule has 0 aliphatic carbocycles. The summed E-state index contributed by atoms with van der Waals surface area (Å²) in [4.78, 5) is 21.9. The van der Waals surface area contributed by atoms with Crippen molar-refractivity contribution in [2.45, 2.75) is 26.2 Å². The van der Waals surface area contributed by atoms with Gasteiger partial charge in [0.05, 0.1) is 11.2 Å². The predicted octanol–water partition coefficient (Wildman–Crippen LogP) is 3.41. The van der Waals surface area contributed by atoms with Crippen LogP contribution in [0.5, 0.6) is 0 Å². The van der Waals surface area contributed by atoms with E-state index in [1.54, 1.807) is 12.1 Å². The monoisotopic (exact) mass is 341 g/mol. The van der Waals surface area contributed by atoms with Crippen LogP contribution in [0.2, 0.25) is 0 Å². The fourth-order valence-corrected chi connectivity index (χ4v) is 3.36. The lowest BCUT2D eigenvalue weighted by Gasteiger charge is -2.15. The molecule has 0 saturated heterocycles. The van der Waals surface area contributed by atoms with Crippen LogP contribution in [0.25, 0.3) is 10.9 Å². The lowest BCUT2D eigenvalue weighted by atomic mass is 9.94. The van der Waals surface area contributed by atoms with Gasteiger partial charge in [0.25, 0.3) is 5.91 Å². The van der Waals surface area contributed by atoms with E-state index in [4.69, 9.17) is 11.5 Å². The lowest BCUT2D eigenvalue weighted by Crippen LogP contribution is -2.11. The normalized spacial score (nSPS) is 11.6. The van der Waals surface area contributed by atoms with Crippen LogP contribution in [-0.2, 0) is 5.41 Å². The van der Waals surface area contributed by atoms with E-state index in [-0.39, 0.29) is 5.41 Å². The minimum absolute atomic E-state index is 0.0764. The second kappa shape index (κ2) is 5.76. The van der Waals surface area contributed by atoms with E-state index in [9.17, 15) is 4.79 Å². The molecule has 0 aliphatic rings. The number of nitrogens with two attached hydrogens (primary N) is 2. The highest BCUT2D eigenvalue weighted by Crippen LogP contribution is 2.37. The van der Waals surface area contributed by atoms with Crippen molar-refractivity contribution in [1.82, 2.24) is 9.97 Å². The summed E-state index contributed by atoms with van der Waals surface area (Å²) in [6, 6.07) is 7.38. The molecule has 0 spiro atoms. The number of nitrogens with zero attached hydrogens (tertiary/aromatic N) is 2. The summed E-state index contributed by atoms with van der Waals surface area (Å²) < 4.78 is 0. The number of hydrogen-bond donors (Lipinski definition) is 3. The van der Waals surface area contributed by atoms with Gasteiger partial charge in [-0.2, -0.15) is 0 Å². The number of carbonyl (C=O) groups is 1. The maximum atomic E-state index is 11.8. The van der Waals surface area contributed by atoms with Crippen LogP contribution in [0.3, 0.4) is 0 Å². The minimum atomic E-state index is -0.462. The zero-order valence-corrected chi connectivity index (χ0v) is 14.6. The Bertz CT molecular complexity index is 926. The van der Waals surface area contributed by atoms with Crippen LogP contribution in [0.1, 0.15) is 35.3 Å². The summed E-state index contributed by atoms with van der Waals surface area (Å²) in [5.74, 6) is 0.129. The van der Waals surface area contributed by atoms with Crippen LogP contribution in [-0.4, -0.2) is 15.9 Å². The highest BCUT2D eigenvalue weighted by atomic mass is 32.1. The SMILES string of the molecule is CC(C)(C)c1cc(Nc2ncnc3ccc(N)cc23)c(C(N)=O)s1. The Morgan fingerprint density at radius 2 is 1.96 bits per heavy atom. The number of aromatic nitrogens is 2. The molecular weight excluding hydrogens is 322 g/mol. The van der Waals surface area contributed by atoms with Gasteiger partial charge < -0.3 is 16.8 Å². The number of carbonyl (C=O) groups excluding carboxylic acids is 1. The van der Waals surface area contributed by atoms with E-state index in [1.807, 2.05) is 12.1 Å². The number of benzene rings is 1. The van der Waals surface area contributed by atoms with Crippen molar-refractivity contribution >= 4 is 45.3 Å². The molecule has 7 heteroatoms. The predicted molar refractivity (Wildman–Crippen MR) is 98.8 cm³/mol. The average molecular weight is 341 g/mol. The summed E-state index contributed by atoms with van der Waals surface area (Å²) in [6.07, 6.45) is 1.47. The number of anilines is 3. The highest BCUT2D eigenvalue weighted by molar-refractivity contribution is 7.14. The van der Waals surface area contributed by atoms with Crippen molar-refractivity contribution < 1.29 is 4.79 Å². The molecule has 6 nitrogen and oxygen atoms in total. The first-order valence-corrected chi connectivity index (χ1v) is 8.29. The van der Waals surface area contributed by atoms with Gasteiger partial charge in [0.2, 0.25) is 0 Å². The number of amides is 1. The number of rotatable bonds is 3. The third kappa shape index (κ3) is 3.03. The first kappa shape index (κ1) is 16.2. The van der Waals surface area contributed by atoms with Gasteiger partial charge >= 0.3 is 0 Å². The Morgan fingerprint density at radius 1 is 1.21 bits per heavy atom. The molecule has 3 aromatic rings. The van der Waals surface area contributed by atoms with Crippen LogP contribution in [0, 0.1) is 0 Å². The maximum Gasteiger partial charge on any atom is 0.260 e. The Morgan fingerprint density at radius 3 is 2.62 bits per heavy atom. The third-order valence-corrected chi connectivity index (χ3v) is 5.18. The number of nitrogen functional groups attached to an aromatic ring is 1. The molecule has 24 heavy (non-hydrogen) atoms. The molecule has 0 saturated carbocycles. The van der Waals surface area contributed by atoms with Gasteiger partial charge in [-0.1, -0.05) is 20.8 Å². The van der Waals surface area contributed by atoms with Gasteiger partial charge in [-0.05, 0) is 29.7 Å². The number of fused-ring (bicyclic) bond motifs is 1. The van der Waals surface area contributed by atoms with Gasteiger partial charge in [0, 0.05) is 16.0 Å². The van der Waals surface area contributed by atoms with Gasteiger partial charge in [0.15, 0.2) is 0 Å². The van der Waals surface area contributed by atoms with Gasteiger partial charge in [-0.15, -0.1) is 11.3 Å². The third-order valence-electron chi connectivity index (χ3n) is 3.61. The number of hydrogen-bond acceptors (Lipinski definition) is 6. The van der Waals surface area contributed by atoms with Crippen molar-refractivity contribution in [1.29, 1.82) is 0 Å². The molecule has 2 aromatic heterocycles. The highest BCUT2D eigenvalue weighted by Gasteiger charge is 2.22. The first-order chi connectivity index (χ1) is 11.3. The van der Waals surface area contributed by atoms with Crippen LogP contribution in [0.15, 0.2) is 30.6 Å². The standard InChI is InChI=1S/C17H19N5OS/c1-17(2,3)13-7-12(14(24-13)15(19)23)22-16-10-6-9(18)4-5-11(10)20-8-21-16/h4-8H,18H2,1-3H3,(H2,19,23)(H,20,21,22). The Balaban J connectivity index is 2.10. The first-order valence-electron chi connectivity index (χ1n) is 7.47. The molecular formula is C17H19N5OS. The summed E-state index contributed by atoms with van der Waals surface area (Å²) in [5, 5.41) is 4.01. The van der Waals surface area contributed by atoms with E-state index >= 15 is 0 Å². The molecule has 3 rings (SSSR count). The van der Waals surface area contributed by atoms with E-state index in [0.717, 1.165) is 15.8 Å². The zero-order chi connectivity index (χ0) is 17.5. The molecule has 0 atom stereocenters. The molecule has 1 amide bonds. The number of primary amides is 1. The minimum Gasteiger partial charge on any atom is -0.399 e. The quantitative estimate of drug-likeness (QED) is 0.633. The van der Waals surface area contributed by atoms with Crippen molar-refractivity contribution in [3.63, 3.8) is 0 Å². The zero-order valence-electron chi connectivity index (χ0n) is 13.8. The molecule has 5 N–H and O–H groups in total. The fraction of sp³-hybridized carbons (Fsp3) is 0.235. The lowest BCUT2D eigenvalue weighted by molar-refractivity contribution is 0.100. The topological polar surface area (TPSA) is 107 Å². The molecule has 124 valence electrons. The van der Waals surface area contributed by atoms with Gasteiger partial charge in [0.1, 0.15) is 17.0 Å².